The highest BCUT2D eigenvalue weighted by Gasteiger charge is 2.32. The van der Waals surface area contributed by atoms with E-state index in [0.717, 1.165) is 29.8 Å². The van der Waals surface area contributed by atoms with Crippen LogP contribution < -0.4 is 10.2 Å². The molecule has 1 aliphatic heterocycles. The van der Waals surface area contributed by atoms with Gasteiger partial charge in [0.15, 0.2) is 0 Å². The number of amides is 1. The van der Waals surface area contributed by atoms with Crippen LogP contribution >= 0.6 is 0 Å². The molecule has 1 amide bonds. The minimum atomic E-state index is -0.274. The van der Waals surface area contributed by atoms with Gasteiger partial charge in [-0.1, -0.05) is 12.1 Å². The third-order valence-corrected chi connectivity index (χ3v) is 5.20. The highest BCUT2D eigenvalue weighted by molar-refractivity contribution is 5.97. The molecule has 6 heteroatoms. The number of likely N-dealkylation sites (tertiary alicyclic amines) is 1. The van der Waals surface area contributed by atoms with Gasteiger partial charge in [0.2, 0.25) is 5.43 Å². The maximum absolute atomic E-state index is 13.2. The van der Waals surface area contributed by atoms with Crippen LogP contribution in [0, 0.1) is 6.92 Å². The number of ether oxygens (including phenoxy) is 1. The van der Waals surface area contributed by atoms with Crippen LogP contribution in [-0.4, -0.2) is 33.9 Å². The number of pyridine rings is 2. The van der Waals surface area contributed by atoms with Crippen molar-refractivity contribution in [2.75, 3.05) is 13.2 Å². The Labute approximate surface area is 163 Å². The Balaban J connectivity index is 1.65. The smallest absolute Gasteiger partial charge is 0.259 e. The van der Waals surface area contributed by atoms with Crippen LogP contribution in [0.5, 0.6) is 5.75 Å². The number of aromatic amines is 1. The molecule has 0 radical (unpaired) electrons. The lowest BCUT2D eigenvalue weighted by atomic mass is 10.0. The van der Waals surface area contributed by atoms with E-state index in [1.54, 1.807) is 17.0 Å². The van der Waals surface area contributed by atoms with Gasteiger partial charge in [0.1, 0.15) is 17.0 Å². The summed E-state index contributed by atoms with van der Waals surface area (Å²) in [6.45, 7) is 5.07. The minimum Gasteiger partial charge on any atom is -0.494 e. The number of aryl methyl sites for hydroxylation is 1. The number of rotatable bonds is 4. The zero-order valence-electron chi connectivity index (χ0n) is 16.1. The molecule has 0 spiro atoms. The van der Waals surface area contributed by atoms with Crippen LogP contribution in [0.25, 0.3) is 11.0 Å². The minimum absolute atomic E-state index is 0.0329. The van der Waals surface area contributed by atoms with Crippen molar-refractivity contribution in [1.29, 1.82) is 0 Å². The predicted octanol–water partition coefficient (Wildman–Crippen LogP) is 3.61. The summed E-state index contributed by atoms with van der Waals surface area (Å²) in [6, 6.07) is 11.3. The fraction of sp³-hybridized carbons (Fsp3) is 0.318. The number of H-pyrrole nitrogens is 1. The monoisotopic (exact) mass is 377 g/mol. The Morgan fingerprint density at radius 2 is 2.04 bits per heavy atom. The molecule has 2 aromatic heterocycles. The Bertz CT molecular complexity index is 1070. The lowest BCUT2D eigenvalue weighted by Gasteiger charge is -2.25. The lowest BCUT2D eigenvalue weighted by Crippen LogP contribution is -2.34. The van der Waals surface area contributed by atoms with Gasteiger partial charge in [-0.15, -0.1) is 0 Å². The first-order chi connectivity index (χ1) is 13.6. The average molecular weight is 377 g/mol. The molecule has 1 aliphatic rings. The Hall–Kier alpha value is -3.15. The summed E-state index contributed by atoms with van der Waals surface area (Å²) in [4.78, 5) is 35.2. The molecule has 0 saturated carbocycles. The topological polar surface area (TPSA) is 75.3 Å². The normalized spacial score (nSPS) is 16.5. The molecule has 0 bridgehead atoms. The molecule has 28 heavy (non-hydrogen) atoms. The van der Waals surface area contributed by atoms with E-state index in [9.17, 15) is 9.59 Å². The van der Waals surface area contributed by atoms with Crippen LogP contribution in [0.2, 0.25) is 0 Å². The molecule has 1 fully saturated rings. The van der Waals surface area contributed by atoms with E-state index in [4.69, 9.17) is 4.74 Å². The SMILES string of the molecule is CCOc1ccc(C2CCCN2C(=O)c2c[nH]c3nc(C)ccc3c2=O)cc1. The van der Waals surface area contributed by atoms with Gasteiger partial charge in [0, 0.05) is 18.4 Å². The van der Waals surface area contributed by atoms with E-state index < -0.39 is 0 Å². The zero-order valence-corrected chi connectivity index (χ0v) is 16.1. The molecule has 0 aliphatic carbocycles. The molecule has 1 atom stereocenters. The summed E-state index contributed by atoms with van der Waals surface area (Å²) in [7, 11) is 0. The second-order valence-electron chi connectivity index (χ2n) is 7.04. The number of nitrogens with one attached hydrogen (secondary N) is 1. The second kappa shape index (κ2) is 7.46. The van der Waals surface area contributed by atoms with Crippen molar-refractivity contribution in [3.05, 3.63) is 69.6 Å². The van der Waals surface area contributed by atoms with Gasteiger partial charge in [0.05, 0.1) is 18.0 Å². The highest BCUT2D eigenvalue weighted by Crippen LogP contribution is 2.33. The van der Waals surface area contributed by atoms with Gasteiger partial charge >= 0.3 is 0 Å². The van der Waals surface area contributed by atoms with Crippen molar-refractivity contribution in [3.8, 4) is 5.75 Å². The maximum Gasteiger partial charge on any atom is 0.259 e. The molecule has 1 N–H and O–H groups in total. The van der Waals surface area contributed by atoms with E-state index in [1.807, 2.05) is 38.1 Å². The number of hydrogen-bond acceptors (Lipinski definition) is 4. The van der Waals surface area contributed by atoms with E-state index in [1.165, 1.54) is 6.20 Å². The summed E-state index contributed by atoms with van der Waals surface area (Å²) in [6.07, 6.45) is 3.29. The highest BCUT2D eigenvalue weighted by atomic mass is 16.5. The van der Waals surface area contributed by atoms with Crippen LogP contribution in [-0.2, 0) is 0 Å². The molecule has 144 valence electrons. The summed E-state index contributed by atoms with van der Waals surface area (Å²) < 4.78 is 5.50. The largest absolute Gasteiger partial charge is 0.494 e. The molecule has 6 nitrogen and oxygen atoms in total. The van der Waals surface area contributed by atoms with Crippen LogP contribution in [0.15, 0.2) is 47.4 Å². The Morgan fingerprint density at radius 3 is 2.79 bits per heavy atom. The lowest BCUT2D eigenvalue weighted by molar-refractivity contribution is 0.0734. The third kappa shape index (κ3) is 3.26. The Kier molecular flexibility index (Phi) is 4.86. The molecule has 3 heterocycles. The number of benzene rings is 1. The number of fused-ring (bicyclic) bond motifs is 1. The van der Waals surface area contributed by atoms with Crippen molar-refractivity contribution in [2.24, 2.45) is 0 Å². The zero-order chi connectivity index (χ0) is 19.7. The van der Waals surface area contributed by atoms with Gasteiger partial charge in [-0.05, 0) is 56.5 Å². The molecular formula is C22H23N3O3. The van der Waals surface area contributed by atoms with E-state index in [-0.39, 0.29) is 22.9 Å². The van der Waals surface area contributed by atoms with E-state index in [0.29, 0.717) is 24.2 Å². The van der Waals surface area contributed by atoms with Gasteiger partial charge < -0.3 is 14.6 Å². The first-order valence-corrected chi connectivity index (χ1v) is 9.61. The van der Waals surface area contributed by atoms with Gasteiger partial charge in [-0.2, -0.15) is 0 Å². The van der Waals surface area contributed by atoms with Gasteiger partial charge in [-0.3, -0.25) is 9.59 Å². The Morgan fingerprint density at radius 1 is 1.25 bits per heavy atom. The van der Waals surface area contributed by atoms with Gasteiger partial charge in [0.25, 0.3) is 5.91 Å². The summed E-state index contributed by atoms with van der Waals surface area (Å²) in [5, 5.41) is 0.438. The van der Waals surface area contributed by atoms with Crippen LogP contribution in [0.4, 0.5) is 0 Å². The van der Waals surface area contributed by atoms with Crippen LogP contribution in [0.1, 0.15) is 47.4 Å². The molecule has 1 aromatic carbocycles. The number of hydrogen-bond donors (Lipinski definition) is 1. The maximum atomic E-state index is 13.2. The standard InChI is InChI=1S/C22H23N3O3/c1-3-28-16-9-7-15(8-10-16)19-5-4-12-25(19)22(27)18-13-23-21-17(20(18)26)11-6-14(2)24-21/h6-11,13,19H,3-5,12H2,1-2H3,(H,23,24,26). The molecule has 1 saturated heterocycles. The summed E-state index contributed by atoms with van der Waals surface area (Å²) in [5.41, 5.74) is 2.27. The predicted molar refractivity (Wildman–Crippen MR) is 108 cm³/mol. The van der Waals surface area contributed by atoms with E-state index >= 15 is 0 Å². The quantitative estimate of drug-likeness (QED) is 0.754. The van der Waals surface area contributed by atoms with E-state index in [2.05, 4.69) is 9.97 Å². The van der Waals surface area contributed by atoms with Crippen LogP contribution in [0.3, 0.4) is 0 Å². The molecular weight excluding hydrogens is 354 g/mol. The summed E-state index contributed by atoms with van der Waals surface area (Å²) >= 11 is 0. The van der Waals surface area contributed by atoms with Crippen molar-refractivity contribution < 1.29 is 9.53 Å². The first-order valence-electron chi connectivity index (χ1n) is 9.61. The molecule has 1 unspecified atom stereocenters. The fourth-order valence-corrected chi connectivity index (χ4v) is 3.82. The van der Waals surface area contributed by atoms with Gasteiger partial charge in [-0.25, -0.2) is 4.98 Å². The number of carbonyl (C=O) groups is 1. The number of nitrogens with zero attached hydrogens (tertiary/aromatic N) is 2. The van der Waals surface area contributed by atoms with Crippen molar-refractivity contribution in [3.63, 3.8) is 0 Å². The number of carbonyl (C=O) groups excluding carboxylic acids is 1. The molecule has 3 aromatic rings. The third-order valence-electron chi connectivity index (χ3n) is 5.20. The van der Waals surface area contributed by atoms with Crippen molar-refractivity contribution >= 4 is 16.9 Å². The molecule has 4 rings (SSSR count). The van der Waals surface area contributed by atoms with Crippen molar-refractivity contribution in [1.82, 2.24) is 14.9 Å². The average Bonchev–Trinajstić information content (AvgIpc) is 3.18. The van der Waals surface area contributed by atoms with Crippen molar-refractivity contribution in [2.45, 2.75) is 32.7 Å². The second-order valence-corrected chi connectivity index (χ2v) is 7.04. The number of aromatic nitrogens is 2. The summed E-state index contributed by atoms with van der Waals surface area (Å²) in [5.74, 6) is 0.580. The fourth-order valence-electron chi connectivity index (χ4n) is 3.82. The first kappa shape index (κ1) is 18.2.